The number of piperidine rings is 1. The van der Waals surface area contributed by atoms with Crippen LogP contribution in [-0.2, 0) is 4.79 Å². The van der Waals surface area contributed by atoms with Gasteiger partial charge in [0.25, 0.3) is 0 Å². The monoisotopic (exact) mass is 318 g/mol. The summed E-state index contributed by atoms with van der Waals surface area (Å²) < 4.78 is 5.17. The van der Waals surface area contributed by atoms with Crippen LogP contribution in [0.15, 0.2) is 24.3 Å². The lowest BCUT2D eigenvalue weighted by atomic mass is 10.0. The van der Waals surface area contributed by atoms with Crippen LogP contribution in [0.5, 0.6) is 5.75 Å². The predicted octanol–water partition coefficient (Wildman–Crippen LogP) is 0.462. The van der Waals surface area contributed by atoms with E-state index in [1.165, 1.54) is 5.69 Å². The second-order valence-electron chi connectivity index (χ2n) is 5.87. The zero-order valence-electron chi connectivity index (χ0n) is 13.2. The van der Waals surface area contributed by atoms with Gasteiger partial charge in [-0.05, 0) is 37.1 Å². The van der Waals surface area contributed by atoms with Gasteiger partial charge >= 0.3 is 6.03 Å². The molecule has 3 amide bonds. The van der Waals surface area contributed by atoms with Crippen LogP contribution in [0, 0.1) is 0 Å². The Morgan fingerprint density at radius 2 is 1.96 bits per heavy atom. The van der Waals surface area contributed by atoms with Gasteiger partial charge in [0.1, 0.15) is 11.8 Å². The molecule has 3 rings (SSSR count). The highest BCUT2D eigenvalue weighted by Gasteiger charge is 2.29. The number of nitrogens with one attached hydrogen (secondary N) is 3. The van der Waals surface area contributed by atoms with Crippen molar-refractivity contribution in [1.29, 1.82) is 0 Å². The molecule has 0 bridgehead atoms. The first kappa shape index (κ1) is 15.5. The molecule has 7 nitrogen and oxygen atoms in total. The molecule has 124 valence electrons. The summed E-state index contributed by atoms with van der Waals surface area (Å²) in [4.78, 5) is 25.5. The van der Waals surface area contributed by atoms with Gasteiger partial charge in [-0.2, -0.15) is 0 Å². The molecule has 0 spiro atoms. The first-order valence-corrected chi connectivity index (χ1v) is 7.89. The number of carbonyl (C=O) groups is 2. The van der Waals surface area contributed by atoms with Gasteiger partial charge in [0.05, 0.1) is 7.11 Å². The van der Waals surface area contributed by atoms with Crippen LogP contribution in [0.25, 0.3) is 0 Å². The smallest absolute Gasteiger partial charge is 0.315 e. The number of benzene rings is 1. The van der Waals surface area contributed by atoms with E-state index in [0.717, 1.165) is 31.7 Å². The number of carbonyl (C=O) groups excluding carboxylic acids is 2. The van der Waals surface area contributed by atoms with Crippen LogP contribution in [0.4, 0.5) is 10.5 Å². The van der Waals surface area contributed by atoms with Gasteiger partial charge in [0.2, 0.25) is 5.91 Å². The molecule has 0 unspecified atom stereocenters. The van der Waals surface area contributed by atoms with Gasteiger partial charge in [-0.3, -0.25) is 4.79 Å². The molecule has 0 aromatic heterocycles. The maximum absolute atomic E-state index is 12.1. The number of nitrogens with zero attached hydrogens (tertiary/aromatic N) is 1. The Bertz CT molecular complexity index is 567. The largest absolute Gasteiger partial charge is 0.497 e. The minimum absolute atomic E-state index is 0.105. The van der Waals surface area contributed by atoms with Crippen molar-refractivity contribution in [2.24, 2.45) is 0 Å². The van der Waals surface area contributed by atoms with Gasteiger partial charge in [-0.15, -0.1) is 0 Å². The Morgan fingerprint density at radius 1 is 1.26 bits per heavy atom. The Kier molecular flexibility index (Phi) is 4.55. The molecule has 2 heterocycles. The van der Waals surface area contributed by atoms with Crippen LogP contribution >= 0.6 is 0 Å². The second kappa shape index (κ2) is 6.76. The van der Waals surface area contributed by atoms with Crippen molar-refractivity contribution in [3.05, 3.63) is 24.3 Å². The number of amides is 3. The standard InChI is InChI=1S/C16H22N4O3/c1-23-13-4-2-12(3-5-13)20-8-6-11(7-9-20)18-15(21)14-10-17-16(22)19-14/h2-5,11,14H,6-10H2,1H3,(H,18,21)(H2,17,19,22)/t14-/m0/s1. The number of anilines is 1. The minimum Gasteiger partial charge on any atom is -0.497 e. The lowest BCUT2D eigenvalue weighted by Crippen LogP contribution is -2.50. The van der Waals surface area contributed by atoms with Gasteiger partial charge in [-0.25, -0.2) is 4.79 Å². The fourth-order valence-electron chi connectivity index (χ4n) is 2.99. The Morgan fingerprint density at radius 3 is 2.52 bits per heavy atom. The van der Waals surface area contributed by atoms with E-state index in [-0.39, 0.29) is 18.0 Å². The fourth-order valence-corrected chi connectivity index (χ4v) is 2.99. The van der Waals surface area contributed by atoms with Gasteiger partial charge < -0.3 is 25.6 Å². The van der Waals surface area contributed by atoms with Crippen molar-refractivity contribution in [1.82, 2.24) is 16.0 Å². The maximum atomic E-state index is 12.1. The molecule has 1 aromatic rings. The van der Waals surface area contributed by atoms with Crippen LogP contribution in [-0.4, -0.2) is 50.8 Å². The average Bonchev–Trinajstić information content (AvgIpc) is 3.02. The topological polar surface area (TPSA) is 82.7 Å². The van der Waals surface area contributed by atoms with Crippen molar-refractivity contribution >= 4 is 17.6 Å². The summed E-state index contributed by atoms with van der Waals surface area (Å²) in [5.74, 6) is 0.745. The molecule has 23 heavy (non-hydrogen) atoms. The van der Waals surface area contributed by atoms with Gasteiger partial charge in [0, 0.05) is 31.4 Å². The van der Waals surface area contributed by atoms with Crippen LogP contribution < -0.4 is 25.6 Å². The first-order valence-electron chi connectivity index (χ1n) is 7.89. The van der Waals surface area contributed by atoms with E-state index in [9.17, 15) is 9.59 Å². The zero-order valence-corrected chi connectivity index (χ0v) is 13.2. The number of rotatable bonds is 4. The van der Waals surface area contributed by atoms with E-state index in [1.807, 2.05) is 12.1 Å². The van der Waals surface area contributed by atoms with Crippen molar-refractivity contribution < 1.29 is 14.3 Å². The first-order chi connectivity index (χ1) is 11.2. The Balaban J connectivity index is 1.48. The number of hydrogen-bond donors (Lipinski definition) is 3. The third kappa shape index (κ3) is 3.67. The van der Waals surface area contributed by atoms with Crippen molar-refractivity contribution in [3.63, 3.8) is 0 Å². The molecule has 1 aromatic carbocycles. The SMILES string of the molecule is COc1ccc(N2CCC(NC(=O)[C@@H]3CNC(=O)N3)CC2)cc1. The third-order valence-corrected chi connectivity index (χ3v) is 4.37. The van der Waals surface area contributed by atoms with Crippen molar-refractivity contribution in [2.75, 3.05) is 31.6 Å². The highest BCUT2D eigenvalue weighted by Crippen LogP contribution is 2.22. The number of urea groups is 1. The maximum Gasteiger partial charge on any atom is 0.315 e. The van der Waals surface area contributed by atoms with Crippen molar-refractivity contribution in [3.8, 4) is 5.75 Å². The number of methoxy groups -OCH3 is 1. The number of hydrogen-bond acceptors (Lipinski definition) is 4. The average molecular weight is 318 g/mol. The summed E-state index contributed by atoms with van der Waals surface area (Å²) in [6.07, 6.45) is 1.79. The summed E-state index contributed by atoms with van der Waals surface area (Å²) in [6, 6.07) is 7.45. The molecule has 2 saturated heterocycles. The molecule has 2 aliphatic heterocycles. The van der Waals surface area contributed by atoms with Crippen LogP contribution in [0.3, 0.4) is 0 Å². The summed E-state index contributed by atoms with van der Waals surface area (Å²) in [7, 11) is 1.66. The van der Waals surface area contributed by atoms with Gasteiger partial charge in [-0.1, -0.05) is 0 Å². The lowest BCUT2D eigenvalue weighted by Gasteiger charge is -2.34. The van der Waals surface area contributed by atoms with E-state index in [4.69, 9.17) is 4.74 Å². The molecule has 2 fully saturated rings. The summed E-state index contributed by atoms with van der Waals surface area (Å²) in [6.45, 7) is 2.15. The molecule has 0 radical (unpaired) electrons. The van der Waals surface area contributed by atoms with E-state index in [0.29, 0.717) is 6.54 Å². The van der Waals surface area contributed by atoms with Crippen LogP contribution in [0.1, 0.15) is 12.8 Å². The normalized spacial score (nSPS) is 21.5. The Labute approximate surface area is 135 Å². The molecule has 2 aliphatic rings. The van der Waals surface area contributed by atoms with E-state index in [1.54, 1.807) is 7.11 Å². The van der Waals surface area contributed by atoms with Gasteiger partial charge in [0.15, 0.2) is 0 Å². The molecule has 0 saturated carbocycles. The number of ether oxygens (including phenoxy) is 1. The molecule has 1 atom stereocenters. The predicted molar refractivity (Wildman–Crippen MR) is 86.7 cm³/mol. The highest BCUT2D eigenvalue weighted by atomic mass is 16.5. The lowest BCUT2D eigenvalue weighted by molar-refractivity contribution is -0.123. The van der Waals surface area contributed by atoms with E-state index < -0.39 is 6.04 Å². The molecule has 0 aliphatic carbocycles. The molecular formula is C16H22N4O3. The quantitative estimate of drug-likeness (QED) is 0.753. The second-order valence-corrected chi connectivity index (χ2v) is 5.87. The van der Waals surface area contributed by atoms with Crippen LogP contribution in [0.2, 0.25) is 0 Å². The van der Waals surface area contributed by atoms with E-state index >= 15 is 0 Å². The summed E-state index contributed by atoms with van der Waals surface area (Å²) >= 11 is 0. The zero-order chi connectivity index (χ0) is 16.2. The molecular weight excluding hydrogens is 296 g/mol. The molecule has 3 N–H and O–H groups in total. The fraction of sp³-hybridized carbons (Fsp3) is 0.500. The third-order valence-electron chi connectivity index (χ3n) is 4.37. The Hall–Kier alpha value is -2.44. The molecule has 7 heteroatoms. The minimum atomic E-state index is -0.456. The van der Waals surface area contributed by atoms with Crippen molar-refractivity contribution in [2.45, 2.75) is 24.9 Å². The van der Waals surface area contributed by atoms with E-state index in [2.05, 4.69) is 33.0 Å². The highest BCUT2D eigenvalue weighted by molar-refractivity contribution is 5.90. The summed E-state index contributed by atoms with van der Waals surface area (Å²) in [5, 5.41) is 8.23. The summed E-state index contributed by atoms with van der Waals surface area (Å²) in [5.41, 5.74) is 1.17.